The Morgan fingerprint density at radius 2 is 2.13 bits per heavy atom. The van der Waals surface area contributed by atoms with Crippen LogP contribution in [0, 0.1) is 0 Å². The number of ether oxygens (including phenoxy) is 2. The summed E-state index contributed by atoms with van der Waals surface area (Å²) in [4.78, 5) is 14.2. The molecule has 1 aromatic carbocycles. The van der Waals surface area contributed by atoms with Crippen LogP contribution in [0.4, 0.5) is 0 Å². The molecule has 0 atom stereocenters. The van der Waals surface area contributed by atoms with Gasteiger partial charge in [0.2, 0.25) is 0 Å². The Morgan fingerprint density at radius 1 is 1.35 bits per heavy atom. The molecular formula is C18H22N2O3. The summed E-state index contributed by atoms with van der Waals surface area (Å²) in [6, 6.07) is 5.79. The number of nitrogens with zero attached hydrogens (tertiary/aromatic N) is 1. The fourth-order valence-electron chi connectivity index (χ4n) is 2.95. The van der Waals surface area contributed by atoms with Gasteiger partial charge < -0.3 is 14.5 Å². The number of aromatic amines is 1. The van der Waals surface area contributed by atoms with Crippen molar-refractivity contribution in [2.45, 2.75) is 38.3 Å². The molecule has 1 heterocycles. The van der Waals surface area contributed by atoms with Gasteiger partial charge in [-0.25, -0.2) is 4.79 Å². The van der Waals surface area contributed by atoms with Gasteiger partial charge in [0.05, 0.1) is 19.8 Å². The lowest BCUT2D eigenvalue weighted by atomic mass is 10.1. The first-order valence-electron chi connectivity index (χ1n) is 7.94. The molecule has 0 amide bonds. The molecule has 0 saturated heterocycles. The van der Waals surface area contributed by atoms with Crippen molar-refractivity contribution in [1.82, 2.24) is 9.55 Å². The molecule has 122 valence electrons. The predicted octanol–water partition coefficient (Wildman–Crippen LogP) is 3.22. The summed E-state index contributed by atoms with van der Waals surface area (Å²) >= 11 is 0. The van der Waals surface area contributed by atoms with E-state index in [0.29, 0.717) is 6.54 Å². The molecule has 3 rings (SSSR count). The Balaban J connectivity index is 1.80. The highest BCUT2D eigenvalue weighted by atomic mass is 16.5. The van der Waals surface area contributed by atoms with Gasteiger partial charge in [0.25, 0.3) is 0 Å². The van der Waals surface area contributed by atoms with Crippen LogP contribution >= 0.6 is 0 Å². The zero-order valence-electron chi connectivity index (χ0n) is 13.4. The Bertz CT molecular complexity index is 739. The topological polar surface area (TPSA) is 56.2 Å². The van der Waals surface area contributed by atoms with Crippen molar-refractivity contribution >= 4 is 5.57 Å². The first kappa shape index (κ1) is 15.5. The monoisotopic (exact) mass is 314 g/mol. The highest BCUT2D eigenvalue weighted by Crippen LogP contribution is 2.34. The smallest absolute Gasteiger partial charge is 0.325 e. The Morgan fingerprint density at radius 3 is 2.78 bits per heavy atom. The number of hydrogen-bond donors (Lipinski definition) is 1. The van der Waals surface area contributed by atoms with Gasteiger partial charge in [0.1, 0.15) is 0 Å². The zero-order valence-corrected chi connectivity index (χ0v) is 13.4. The van der Waals surface area contributed by atoms with Gasteiger partial charge in [-0.1, -0.05) is 12.6 Å². The lowest BCUT2D eigenvalue weighted by Crippen LogP contribution is -2.16. The minimum Gasteiger partial charge on any atom is -0.493 e. The Kier molecular flexibility index (Phi) is 4.55. The van der Waals surface area contributed by atoms with Gasteiger partial charge in [-0.15, -0.1) is 0 Å². The summed E-state index contributed by atoms with van der Waals surface area (Å²) in [5.74, 6) is 1.48. The number of methoxy groups -OCH3 is 1. The summed E-state index contributed by atoms with van der Waals surface area (Å²) < 4.78 is 13.1. The molecule has 5 nitrogen and oxygen atoms in total. The first-order chi connectivity index (χ1) is 11.2. The van der Waals surface area contributed by atoms with Crippen molar-refractivity contribution in [1.29, 1.82) is 0 Å². The van der Waals surface area contributed by atoms with Crippen LogP contribution in [0.15, 0.2) is 42.0 Å². The van der Waals surface area contributed by atoms with E-state index in [0.717, 1.165) is 35.5 Å². The molecule has 1 aliphatic rings. The van der Waals surface area contributed by atoms with E-state index < -0.39 is 0 Å². The third kappa shape index (κ3) is 3.50. The van der Waals surface area contributed by atoms with Crippen molar-refractivity contribution < 1.29 is 9.47 Å². The van der Waals surface area contributed by atoms with E-state index in [4.69, 9.17) is 9.47 Å². The third-order valence-electron chi connectivity index (χ3n) is 4.25. The van der Waals surface area contributed by atoms with Gasteiger partial charge in [0, 0.05) is 12.4 Å². The van der Waals surface area contributed by atoms with Crippen LogP contribution in [0.5, 0.6) is 11.5 Å². The Labute approximate surface area is 135 Å². The van der Waals surface area contributed by atoms with Gasteiger partial charge in [0.15, 0.2) is 11.5 Å². The van der Waals surface area contributed by atoms with E-state index in [1.165, 1.54) is 12.8 Å². The highest BCUT2D eigenvalue weighted by Gasteiger charge is 2.19. The van der Waals surface area contributed by atoms with E-state index in [1.54, 1.807) is 24.1 Å². The SMILES string of the molecule is C=C(Cn1cc[nH]c1=O)c1ccc(OC)c(OC2CCCC2)c1. The average Bonchev–Trinajstić information content (AvgIpc) is 3.20. The molecule has 1 aliphatic carbocycles. The number of aromatic nitrogens is 2. The van der Waals surface area contributed by atoms with Crippen molar-refractivity contribution in [3.63, 3.8) is 0 Å². The molecule has 1 aromatic heterocycles. The molecule has 2 aromatic rings. The van der Waals surface area contributed by atoms with Crippen molar-refractivity contribution in [2.75, 3.05) is 7.11 Å². The number of imidazole rings is 1. The molecule has 1 saturated carbocycles. The molecule has 5 heteroatoms. The number of allylic oxidation sites excluding steroid dienone is 1. The molecule has 0 bridgehead atoms. The van der Waals surface area contributed by atoms with Gasteiger partial charge in [-0.3, -0.25) is 4.57 Å². The predicted molar refractivity (Wildman–Crippen MR) is 90.0 cm³/mol. The van der Waals surface area contributed by atoms with Crippen LogP contribution < -0.4 is 15.2 Å². The largest absolute Gasteiger partial charge is 0.493 e. The summed E-state index contributed by atoms with van der Waals surface area (Å²) in [6.07, 6.45) is 8.22. The maximum absolute atomic E-state index is 11.6. The fraction of sp³-hybridized carbons (Fsp3) is 0.389. The lowest BCUT2D eigenvalue weighted by molar-refractivity contribution is 0.200. The summed E-state index contributed by atoms with van der Waals surface area (Å²) in [5, 5.41) is 0. The second kappa shape index (κ2) is 6.77. The number of hydrogen-bond acceptors (Lipinski definition) is 3. The summed E-state index contributed by atoms with van der Waals surface area (Å²) in [6.45, 7) is 4.54. The van der Waals surface area contributed by atoms with Crippen LogP contribution in [0.3, 0.4) is 0 Å². The third-order valence-corrected chi connectivity index (χ3v) is 4.25. The van der Waals surface area contributed by atoms with Crippen LogP contribution in [-0.2, 0) is 6.54 Å². The van der Waals surface area contributed by atoms with E-state index in [9.17, 15) is 4.79 Å². The minimum atomic E-state index is -0.137. The number of nitrogens with one attached hydrogen (secondary N) is 1. The number of H-pyrrole nitrogens is 1. The standard InChI is InChI=1S/C18H22N2O3/c1-13(12-20-10-9-19-18(20)21)14-7-8-16(22-2)17(11-14)23-15-5-3-4-6-15/h7-11,15H,1,3-6,12H2,2H3,(H,19,21). The molecule has 1 fully saturated rings. The average molecular weight is 314 g/mol. The van der Waals surface area contributed by atoms with E-state index in [-0.39, 0.29) is 11.8 Å². The van der Waals surface area contributed by atoms with Crippen LogP contribution in [0.25, 0.3) is 5.57 Å². The Hall–Kier alpha value is -2.43. The van der Waals surface area contributed by atoms with Gasteiger partial charge in [-0.2, -0.15) is 0 Å². The van der Waals surface area contributed by atoms with Crippen LogP contribution in [-0.4, -0.2) is 22.8 Å². The molecule has 0 aliphatic heterocycles. The second-order valence-corrected chi connectivity index (χ2v) is 5.89. The first-order valence-corrected chi connectivity index (χ1v) is 7.94. The molecular weight excluding hydrogens is 292 g/mol. The van der Waals surface area contributed by atoms with Crippen molar-refractivity contribution in [2.24, 2.45) is 0 Å². The highest BCUT2D eigenvalue weighted by molar-refractivity contribution is 5.66. The molecule has 1 N–H and O–H groups in total. The molecule has 0 radical (unpaired) electrons. The lowest BCUT2D eigenvalue weighted by Gasteiger charge is -2.17. The van der Waals surface area contributed by atoms with Crippen LogP contribution in [0.1, 0.15) is 31.2 Å². The fourth-order valence-corrected chi connectivity index (χ4v) is 2.95. The number of rotatable bonds is 6. The van der Waals surface area contributed by atoms with Gasteiger partial charge >= 0.3 is 5.69 Å². The molecule has 0 spiro atoms. The van der Waals surface area contributed by atoms with E-state index in [1.807, 2.05) is 18.2 Å². The summed E-state index contributed by atoms with van der Waals surface area (Å²) in [5.41, 5.74) is 1.67. The number of benzene rings is 1. The van der Waals surface area contributed by atoms with Crippen molar-refractivity contribution in [3.05, 3.63) is 53.2 Å². The van der Waals surface area contributed by atoms with Crippen molar-refractivity contribution in [3.8, 4) is 11.5 Å². The maximum atomic E-state index is 11.6. The molecule has 0 unspecified atom stereocenters. The zero-order chi connectivity index (χ0) is 16.2. The van der Waals surface area contributed by atoms with E-state index >= 15 is 0 Å². The quantitative estimate of drug-likeness (QED) is 0.890. The van der Waals surface area contributed by atoms with E-state index in [2.05, 4.69) is 11.6 Å². The maximum Gasteiger partial charge on any atom is 0.325 e. The van der Waals surface area contributed by atoms with Crippen LogP contribution in [0.2, 0.25) is 0 Å². The van der Waals surface area contributed by atoms with Gasteiger partial charge in [-0.05, 0) is 49.0 Å². The molecule has 23 heavy (non-hydrogen) atoms. The normalized spacial score (nSPS) is 14.8. The minimum absolute atomic E-state index is 0.137. The summed E-state index contributed by atoms with van der Waals surface area (Å²) in [7, 11) is 1.64. The second-order valence-electron chi connectivity index (χ2n) is 5.89.